The second-order valence-corrected chi connectivity index (χ2v) is 3.87. The van der Waals surface area contributed by atoms with E-state index < -0.39 is 5.82 Å². The Morgan fingerprint density at radius 1 is 1.62 bits per heavy atom. The first-order valence-corrected chi connectivity index (χ1v) is 5.34. The van der Waals surface area contributed by atoms with Crippen LogP contribution in [0.3, 0.4) is 0 Å². The highest BCUT2D eigenvalue weighted by Crippen LogP contribution is 2.28. The maximum Gasteiger partial charge on any atom is 0.257 e. The molecule has 2 N–H and O–H groups in total. The Kier molecular flexibility index (Phi) is 3.14. The molecule has 2 rings (SSSR count). The molecule has 0 aliphatic heterocycles. The first-order valence-electron chi connectivity index (χ1n) is 5.34. The fraction of sp³-hybridized carbons (Fsp3) is 0.455. The molecule has 1 aromatic rings. The zero-order valence-electron chi connectivity index (χ0n) is 8.90. The van der Waals surface area contributed by atoms with Gasteiger partial charge in [-0.2, -0.15) is 0 Å². The van der Waals surface area contributed by atoms with Gasteiger partial charge in [0.1, 0.15) is 0 Å². The molecule has 1 heterocycles. The number of hydrogen-bond acceptors (Lipinski definition) is 3. The van der Waals surface area contributed by atoms with Crippen LogP contribution in [-0.2, 0) is 0 Å². The SMILES string of the molecule is NCCN(C(=O)c1ccncc1F)C1CC1. The van der Waals surface area contributed by atoms with Crippen LogP contribution in [0, 0.1) is 5.82 Å². The number of carbonyl (C=O) groups excluding carboxylic acids is 1. The molecule has 1 amide bonds. The van der Waals surface area contributed by atoms with Crippen molar-refractivity contribution >= 4 is 5.91 Å². The molecule has 86 valence electrons. The van der Waals surface area contributed by atoms with E-state index in [1.165, 1.54) is 12.3 Å². The molecule has 0 spiro atoms. The highest BCUT2D eigenvalue weighted by molar-refractivity contribution is 5.94. The van der Waals surface area contributed by atoms with Crippen molar-refractivity contribution in [1.29, 1.82) is 0 Å². The van der Waals surface area contributed by atoms with Gasteiger partial charge in [-0.05, 0) is 18.9 Å². The van der Waals surface area contributed by atoms with E-state index in [-0.39, 0.29) is 17.5 Å². The monoisotopic (exact) mass is 223 g/mol. The van der Waals surface area contributed by atoms with Gasteiger partial charge in [-0.25, -0.2) is 4.39 Å². The van der Waals surface area contributed by atoms with Crippen LogP contribution in [0.1, 0.15) is 23.2 Å². The first-order chi connectivity index (χ1) is 7.74. The number of nitrogens with two attached hydrogens (primary N) is 1. The number of carbonyl (C=O) groups is 1. The number of hydrogen-bond donors (Lipinski definition) is 1. The van der Waals surface area contributed by atoms with Crippen LogP contribution in [0.15, 0.2) is 18.5 Å². The Bertz CT molecular complexity index is 393. The maximum atomic E-state index is 13.4. The van der Waals surface area contributed by atoms with E-state index in [0.29, 0.717) is 13.1 Å². The molecule has 1 saturated carbocycles. The van der Waals surface area contributed by atoms with Gasteiger partial charge in [0.15, 0.2) is 5.82 Å². The lowest BCUT2D eigenvalue weighted by Gasteiger charge is -2.21. The molecule has 0 saturated heterocycles. The van der Waals surface area contributed by atoms with Crippen molar-refractivity contribution < 1.29 is 9.18 Å². The largest absolute Gasteiger partial charge is 0.334 e. The highest BCUT2D eigenvalue weighted by atomic mass is 19.1. The number of amides is 1. The molecular formula is C11H14FN3O. The van der Waals surface area contributed by atoms with Crippen molar-refractivity contribution in [1.82, 2.24) is 9.88 Å². The molecule has 1 aromatic heterocycles. The van der Waals surface area contributed by atoms with Crippen molar-refractivity contribution in [3.63, 3.8) is 0 Å². The number of rotatable bonds is 4. The van der Waals surface area contributed by atoms with E-state index in [9.17, 15) is 9.18 Å². The van der Waals surface area contributed by atoms with Crippen LogP contribution in [-0.4, -0.2) is 34.9 Å². The molecule has 5 heteroatoms. The van der Waals surface area contributed by atoms with Crippen LogP contribution in [0.25, 0.3) is 0 Å². The Hall–Kier alpha value is -1.49. The van der Waals surface area contributed by atoms with Crippen molar-refractivity contribution in [3.05, 3.63) is 29.8 Å². The molecule has 0 bridgehead atoms. The molecule has 1 fully saturated rings. The lowest BCUT2D eigenvalue weighted by molar-refractivity contribution is 0.0743. The molecule has 0 aromatic carbocycles. The maximum absolute atomic E-state index is 13.4. The molecule has 4 nitrogen and oxygen atoms in total. The summed E-state index contributed by atoms with van der Waals surface area (Å²) >= 11 is 0. The third-order valence-corrected chi connectivity index (χ3v) is 2.62. The van der Waals surface area contributed by atoms with Gasteiger partial charge in [0.2, 0.25) is 0 Å². The summed E-state index contributed by atoms with van der Waals surface area (Å²) in [4.78, 5) is 17.3. The predicted octanol–water partition coefficient (Wildman–Crippen LogP) is 0.784. The topological polar surface area (TPSA) is 59.2 Å². The fourth-order valence-corrected chi connectivity index (χ4v) is 1.68. The summed E-state index contributed by atoms with van der Waals surface area (Å²) in [6, 6.07) is 1.65. The van der Waals surface area contributed by atoms with Gasteiger partial charge in [-0.3, -0.25) is 9.78 Å². The van der Waals surface area contributed by atoms with Gasteiger partial charge in [-0.15, -0.1) is 0 Å². The van der Waals surface area contributed by atoms with Crippen LogP contribution in [0.5, 0.6) is 0 Å². The van der Waals surface area contributed by atoms with Crippen molar-refractivity contribution in [2.75, 3.05) is 13.1 Å². The summed E-state index contributed by atoms with van der Waals surface area (Å²) in [6.07, 6.45) is 4.45. The van der Waals surface area contributed by atoms with E-state index in [1.807, 2.05) is 0 Å². The second-order valence-electron chi connectivity index (χ2n) is 3.87. The third kappa shape index (κ3) is 2.19. The average Bonchev–Trinajstić information content (AvgIpc) is 3.09. The predicted molar refractivity (Wildman–Crippen MR) is 57.3 cm³/mol. The van der Waals surface area contributed by atoms with Gasteiger partial charge < -0.3 is 10.6 Å². The smallest absolute Gasteiger partial charge is 0.257 e. The summed E-state index contributed by atoms with van der Waals surface area (Å²) in [5, 5.41) is 0. The molecule has 0 radical (unpaired) electrons. The summed E-state index contributed by atoms with van der Waals surface area (Å²) in [5.41, 5.74) is 5.53. The van der Waals surface area contributed by atoms with Gasteiger partial charge in [0, 0.05) is 25.3 Å². The third-order valence-electron chi connectivity index (χ3n) is 2.62. The summed E-state index contributed by atoms with van der Waals surface area (Å²) in [6.45, 7) is 0.875. The van der Waals surface area contributed by atoms with E-state index >= 15 is 0 Å². The van der Waals surface area contributed by atoms with Crippen LogP contribution in [0.2, 0.25) is 0 Å². The van der Waals surface area contributed by atoms with Gasteiger partial charge >= 0.3 is 0 Å². The lowest BCUT2D eigenvalue weighted by atomic mass is 10.2. The minimum atomic E-state index is -0.574. The zero-order chi connectivity index (χ0) is 11.5. The van der Waals surface area contributed by atoms with Gasteiger partial charge in [0.05, 0.1) is 11.8 Å². The number of pyridine rings is 1. The highest BCUT2D eigenvalue weighted by Gasteiger charge is 2.33. The van der Waals surface area contributed by atoms with Crippen molar-refractivity contribution in [3.8, 4) is 0 Å². The summed E-state index contributed by atoms with van der Waals surface area (Å²) in [5.74, 6) is -0.858. The number of nitrogens with zero attached hydrogens (tertiary/aromatic N) is 2. The zero-order valence-corrected chi connectivity index (χ0v) is 8.90. The van der Waals surface area contributed by atoms with Gasteiger partial charge in [-0.1, -0.05) is 0 Å². The normalized spacial score (nSPS) is 14.9. The van der Waals surface area contributed by atoms with E-state index in [4.69, 9.17) is 5.73 Å². The fourth-order valence-electron chi connectivity index (χ4n) is 1.68. The second kappa shape index (κ2) is 4.57. The van der Waals surface area contributed by atoms with Crippen LogP contribution in [0.4, 0.5) is 4.39 Å². The average molecular weight is 223 g/mol. The number of aromatic nitrogens is 1. The molecule has 1 aliphatic carbocycles. The van der Waals surface area contributed by atoms with Crippen molar-refractivity contribution in [2.24, 2.45) is 5.73 Å². The first kappa shape index (κ1) is 11.0. The molecule has 0 atom stereocenters. The van der Waals surface area contributed by atoms with Gasteiger partial charge in [0.25, 0.3) is 5.91 Å². The standard InChI is InChI=1S/C11H14FN3O/c12-10-7-14-5-3-9(10)11(16)15(6-4-13)8-1-2-8/h3,5,7-8H,1-2,4,6,13H2. The summed E-state index contributed by atoms with van der Waals surface area (Å²) in [7, 11) is 0. The molecule has 16 heavy (non-hydrogen) atoms. The summed E-state index contributed by atoms with van der Waals surface area (Å²) < 4.78 is 13.4. The minimum absolute atomic E-state index is 0.0790. The van der Waals surface area contributed by atoms with E-state index in [2.05, 4.69) is 4.98 Å². The van der Waals surface area contributed by atoms with Crippen LogP contribution >= 0.6 is 0 Å². The van der Waals surface area contributed by atoms with E-state index in [0.717, 1.165) is 19.0 Å². The Morgan fingerprint density at radius 3 is 2.94 bits per heavy atom. The van der Waals surface area contributed by atoms with Crippen molar-refractivity contribution in [2.45, 2.75) is 18.9 Å². The molecule has 0 unspecified atom stereocenters. The number of halogens is 1. The molecule has 1 aliphatic rings. The lowest BCUT2D eigenvalue weighted by Crippen LogP contribution is -2.37. The Balaban J connectivity index is 2.19. The minimum Gasteiger partial charge on any atom is -0.334 e. The van der Waals surface area contributed by atoms with Crippen LogP contribution < -0.4 is 5.73 Å². The quantitative estimate of drug-likeness (QED) is 0.820. The van der Waals surface area contributed by atoms with E-state index in [1.54, 1.807) is 4.90 Å². The Labute approximate surface area is 93.3 Å². The molecular weight excluding hydrogens is 209 g/mol. The Morgan fingerprint density at radius 2 is 2.38 bits per heavy atom.